The normalized spacial score (nSPS) is 28.2. The summed E-state index contributed by atoms with van der Waals surface area (Å²) in [6, 6.07) is 0. The molecule has 0 amide bonds. The van der Waals surface area contributed by atoms with Gasteiger partial charge in [-0.05, 0) is 25.8 Å². The standard InChI is InChI=1S/C11H22N/c1-3-5-6-9-12(4-2)10-7-8-11-12/h7,10H,3-6,8-9,11H2,1-2H3/q+1. The Balaban J connectivity index is 2.30. The summed E-state index contributed by atoms with van der Waals surface area (Å²) in [5.74, 6) is 0. The monoisotopic (exact) mass is 168 g/mol. The molecule has 0 aromatic rings. The molecule has 0 bridgehead atoms. The van der Waals surface area contributed by atoms with Gasteiger partial charge in [-0.2, -0.15) is 0 Å². The van der Waals surface area contributed by atoms with Crippen LogP contribution in [0.3, 0.4) is 0 Å². The Morgan fingerprint density at radius 2 is 2.08 bits per heavy atom. The molecule has 0 aliphatic carbocycles. The zero-order valence-corrected chi connectivity index (χ0v) is 8.55. The first-order valence-corrected chi connectivity index (χ1v) is 5.36. The summed E-state index contributed by atoms with van der Waals surface area (Å²) in [6.07, 6.45) is 10.2. The van der Waals surface area contributed by atoms with E-state index in [1.54, 1.807) is 0 Å². The van der Waals surface area contributed by atoms with Gasteiger partial charge in [-0.25, -0.2) is 0 Å². The molecule has 0 N–H and O–H groups in total. The quantitative estimate of drug-likeness (QED) is 0.437. The smallest absolute Gasteiger partial charge is 0.0920 e. The van der Waals surface area contributed by atoms with Crippen molar-refractivity contribution in [1.82, 2.24) is 0 Å². The molecule has 1 aliphatic heterocycles. The minimum absolute atomic E-state index is 1.25. The van der Waals surface area contributed by atoms with E-state index in [2.05, 4.69) is 26.1 Å². The van der Waals surface area contributed by atoms with Crippen LogP contribution in [0.15, 0.2) is 12.3 Å². The minimum atomic E-state index is 1.25. The summed E-state index contributed by atoms with van der Waals surface area (Å²) in [7, 11) is 0. The van der Waals surface area contributed by atoms with Crippen molar-refractivity contribution in [2.24, 2.45) is 0 Å². The summed E-state index contributed by atoms with van der Waals surface area (Å²) in [5.41, 5.74) is 0. The average Bonchev–Trinajstić information content (AvgIpc) is 2.55. The Bertz CT molecular complexity index is 151. The van der Waals surface area contributed by atoms with Crippen molar-refractivity contribution in [2.75, 3.05) is 19.6 Å². The molecule has 0 saturated carbocycles. The van der Waals surface area contributed by atoms with Crippen molar-refractivity contribution in [3.63, 3.8) is 0 Å². The maximum absolute atomic E-state index is 2.41. The first-order valence-electron chi connectivity index (χ1n) is 5.36. The van der Waals surface area contributed by atoms with Crippen molar-refractivity contribution < 1.29 is 4.48 Å². The Kier molecular flexibility index (Phi) is 3.80. The lowest BCUT2D eigenvalue weighted by Gasteiger charge is -2.30. The predicted molar refractivity (Wildman–Crippen MR) is 53.8 cm³/mol. The van der Waals surface area contributed by atoms with E-state index in [4.69, 9.17) is 0 Å². The lowest BCUT2D eigenvalue weighted by Crippen LogP contribution is -2.41. The molecule has 0 spiro atoms. The van der Waals surface area contributed by atoms with Crippen LogP contribution in [0.5, 0.6) is 0 Å². The highest BCUT2D eigenvalue weighted by Gasteiger charge is 2.24. The Hall–Kier alpha value is -0.300. The van der Waals surface area contributed by atoms with Crippen molar-refractivity contribution in [3.05, 3.63) is 12.3 Å². The summed E-state index contributed by atoms with van der Waals surface area (Å²) in [5, 5.41) is 0. The highest BCUT2D eigenvalue weighted by Crippen LogP contribution is 2.18. The average molecular weight is 168 g/mol. The number of rotatable bonds is 5. The predicted octanol–water partition coefficient (Wildman–Crippen LogP) is 2.93. The molecule has 12 heavy (non-hydrogen) atoms. The van der Waals surface area contributed by atoms with E-state index in [1.165, 1.54) is 49.8 Å². The highest BCUT2D eigenvalue weighted by molar-refractivity contribution is 4.81. The molecule has 70 valence electrons. The first kappa shape index (κ1) is 9.79. The van der Waals surface area contributed by atoms with Crippen molar-refractivity contribution in [2.45, 2.75) is 39.5 Å². The van der Waals surface area contributed by atoms with Gasteiger partial charge in [0.25, 0.3) is 0 Å². The number of nitrogens with zero attached hydrogens (tertiary/aromatic N) is 1. The van der Waals surface area contributed by atoms with Gasteiger partial charge in [0.1, 0.15) is 0 Å². The van der Waals surface area contributed by atoms with Gasteiger partial charge < -0.3 is 0 Å². The second-order valence-corrected chi connectivity index (χ2v) is 3.86. The maximum Gasteiger partial charge on any atom is 0.0920 e. The van der Waals surface area contributed by atoms with E-state index >= 15 is 0 Å². The van der Waals surface area contributed by atoms with Gasteiger partial charge >= 0.3 is 0 Å². The molecule has 1 heteroatoms. The van der Waals surface area contributed by atoms with Crippen LogP contribution in [-0.4, -0.2) is 24.1 Å². The maximum atomic E-state index is 2.41. The van der Waals surface area contributed by atoms with Crippen LogP contribution in [0.1, 0.15) is 39.5 Å². The molecule has 0 aromatic carbocycles. The van der Waals surface area contributed by atoms with E-state index in [0.29, 0.717) is 0 Å². The van der Waals surface area contributed by atoms with Crippen LogP contribution < -0.4 is 0 Å². The Morgan fingerprint density at radius 1 is 1.25 bits per heavy atom. The van der Waals surface area contributed by atoms with E-state index < -0.39 is 0 Å². The SMILES string of the molecule is CCCCC[N+]1(CC)C=CCC1. The minimum Gasteiger partial charge on any atom is -0.298 e. The molecule has 1 nitrogen and oxygen atoms in total. The second-order valence-electron chi connectivity index (χ2n) is 3.86. The third kappa shape index (κ3) is 2.34. The highest BCUT2D eigenvalue weighted by atomic mass is 15.3. The molecule has 0 saturated heterocycles. The van der Waals surface area contributed by atoms with Crippen LogP contribution in [-0.2, 0) is 0 Å². The zero-order valence-electron chi connectivity index (χ0n) is 8.55. The molecule has 0 fully saturated rings. The fraction of sp³-hybridized carbons (Fsp3) is 0.818. The third-order valence-electron chi connectivity index (χ3n) is 3.00. The van der Waals surface area contributed by atoms with Crippen LogP contribution >= 0.6 is 0 Å². The van der Waals surface area contributed by atoms with Crippen LogP contribution in [0.4, 0.5) is 0 Å². The molecule has 1 rings (SSSR count). The molecule has 1 atom stereocenters. The molecule has 1 unspecified atom stereocenters. The largest absolute Gasteiger partial charge is 0.298 e. The summed E-state index contributed by atoms with van der Waals surface area (Å²) >= 11 is 0. The van der Waals surface area contributed by atoms with E-state index in [9.17, 15) is 0 Å². The molecular formula is C11H22N+. The van der Waals surface area contributed by atoms with Crippen molar-refractivity contribution in [3.8, 4) is 0 Å². The van der Waals surface area contributed by atoms with Gasteiger partial charge in [-0.3, -0.25) is 4.48 Å². The van der Waals surface area contributed by atoms with Crippen LogP contribution in [0.2, 0.25) is 0 Å². The zero-order chi connectivity index (χ0) is 8.86. The lowest BCUT2D eigenvalue weighted by molar-refractivity contribution is -0.872. The van der Waals surface area contributed by atoms with Gasteiger partial charge in [0.15, 0.2) is 0 Å². The number of quaternary nitrogens is 1. The molecular weight excluding hydrogens is 146 g/mol. The lowest BCUT2D eigenvalue weighted by atomic mass is 10.2. The molecule has 1 aliphatic rings. The Morgan fingerprint density at radius 3 is 2.58 bits per heavy atom. The summed E-state index contributed by atoms with van der Waals surface area (Å²) < 4.78 is 1.25. The third-order valence-corrected chi connectivity index (χ3v) is 3.00. The Labute approximate surface area is 76.7 Å². The molecule has 0 radical (unpaired) electrons. The number of hydrogen-bond donors (Lipinski definition) is 0. The fourth-order valence-electron chi connectivity index (χ4n) is 1.99. The molecule has 0 aromatic heterocycles. The van der Waals surface area contributed by atoms with E-state index in [0.717, 1.165) is 0 Å². The molecule has 1 heterocycles. The van der Waals surface area contributed by atoms with Gasteiger partial charge in [0, 0.05) is 6.42 Å². The first-order chi connectivity index (χ1) is 5.83. The van der Waals surface area contributed by atoms with Crippen molar-refractivity contribution in [1.29, 1.82) is 0 Å². The number of hydrogen-bond acceptors (Lipinski definition) is 0. The van der Waals surface area contributed by atoms with Gasteiger partial charge in [0.2, 0.25) is 0 Å². The van der Waals surface area contributed by atoms with Gasteiger partial charge in [-0.1, -0.05) is 13.3 Å². The fourth-order valence-corrected chi connectivity index (χ4v) is 1.99. The summed E-state index contributed by atoms with van der Waals surface area (Å²) in [4.78, 5) is 0. The van der Waals surface area contributed by atoms with Crippen molar-refractivity contribution >= 4 is 0 Å². The van der Waals surface area contributed by atoms with Gasteiger partial charge in [-0.15, -0.1) is 0 Å². The van der Waals surface area contributed by atoms with Crippen LogP contribution in [0, 0.1) is 0 Å². The van der Waals surface area contributed by atoms with E-state index in [1.807, 2.05) is 0 Å². The second kappa shape index (κ2) is 4.66. The summed E-state index contributed by atoms with van der Waals surface area (Å²) in [6.45, 7) is 8.57. The van der Waals surface area contributed by atoms with Crippen LogP contribution in [0.25, 0.3) is 0 Å². The number of unbranched alkanes of at least 4 members (excludes halogenated alkanes) is 2. The van der Waals surface area contributed by atoms with Gasteiger partial charge in [0.05, 0.1) is 25.8 Å². The van der Waals surface area contributed by atoms with E-state index in [-0.39, 0.29) is 0 Å². The topological polar surface area (TPSA) is 0 Å².